The summed E-state index contributed by atoms with van der Waals surface area (Å²) in [6.07, 6.45) is 4.09. The number of hydrogen-bond acceptors (Lipinski definition) is 1. The molecular formula is C21H24Cl2FNO. The van der Waals surface area contributed by atoms with E-state index in [4.69, 9.17) is 23.2 Å². The van der Waals surface area contributed by atoms with Gasteiger partial charge in [0.1, 0.15) is 5.67 Å². The van der Waals surface area contributed by atoms with Gasteiger partial charge in [0.2, 0.25) is 5.91 Å². The summed E-state index contributed by atoms with van der Waals surface area (Å²) in [5.41, 5.74) is -0.566. The largest absolute Gasteiger partial charge is 0.330 e. The number of hydrogen-bond donors (Lipinski definition) is 0. The number of halogens is 3. The first-order valence-electron chi connectivity index (χ1n) is 9.67. The highest BCUT2D eigenvalue weighted by Crippen LogP contribution is 2.63. The van der Waals surface area contributed by atoms with Crippen LogP contribution in [0.1, 0.15) is 57.6 Å². The maximum atomic E-state index is 15.1. The van der Waals surface area contributed by atoms with Gasteiger partial charge >= 0.3 is 0 Å². The second-order valence-corrected chi connectivity index (χ2v) is 10.4. The topological polar surface area (TPSA) is 20.3 Å². The van der Waals surface area contributed by atoms with Gasteiger partial charge in [0, 0.05) is 6.04 Å². The molecule has 0 spiro atoms. The number of carbonyl (C=O) groups excluding carboxylic acids is 1. The van der Waals surface area contributed by atoms with Crippen molar-refractivity contribution in [1.82, 2.24) is 4.90 Å². The molecule has 4 bridgehead atoms. The fourth-order valence-corrected chi connectivity index (χ4v) is 7.19. The average molecular weight is 396 g/mol. The molecule has 5 heteroatoms. The molecule has 0 radical (unpaired) electrons. The summed E-state index contributed by atoms with van der Waals surface area (Å²) in [4.78, 5) is 15.2. The van der Waals surface area contributed by atoms with Crippen LogP contribution in [0.15, 0.2) is 18.2 Å². The molecule has 1 amide bonds. The van der Waals surface area contributed by atoms with Crippen LogP contribution in [-0.4, -0.2) is 22.5 Å². The molecule has 0 aromatic heterocycles. The van der Waals surface area contributed by atoms with E-state index in [0.29, 0.717) is 28.8 Å². The minimum Gasteiger partial charge on any atom is -0.330 e. The standard InChI is InChI=1S/C21H24Cl2FNO/c1-20(2)18(14-4-3-5-15(22)16(14)23)25(19(20)26)17-12-6-11-7-13(17)10-21(24,8-11)9-12/h3-5,11-13,17-18H,6-10H2,1-2H3/t11?,12?,13?,17-,18?,21-. The van der Waals surface area contributed by atoms with E-state index in [2.05, 4.69) is 0 Å². The van der Waals surface area contributed by atoms with Crippen LogP contribution in [0.3, 0.4) is 0 Å². The molecule has 1 aromatic rings. The molecule has 0 N–H and O–H groups in total. The van der Waals surface area contributed by atoms with Crippen LogP contribution in [0.5, 0.6) is 0 Å². The van der Waals surface area contributed by atoms with Gasteiger partial charge in [-0.2, -0.15) is 0 Å². The summed E-state index contributed by atoms with van der Waals surface area (Å²) < 4.78 is 15.1. The third-order valence-corrected chi connectivity index (χ3v) is 8.33. The number of nitrogens with zero attached hydrogens (tertiary/aromatic N) is 1. The van der Waals surface area contributed by atoms with Gasteiger partial charge in [-0.3, -0.25) is 4.79 Å². The third-order valence-electron chi connectivity index (χ3n) is 7.49. The zero-order chi connectivity index (χ0) is 18.4. The Bertz CT molecular complexity index is 778. The Morgan fingerprint density at radius 3 is 2.38 bits per heavy atom. The van der Waals surface area contributed by atoms with Crippen molar-refractivity contribution in [3.05, 3.63) is 33.8 Å². The van der Waals surface area contributed by atoms with Gasteiger partial charge in [0.05, 0.1) is 21.5 Å². The molecule has 5 fully saturated rings. The molecule has 6 rings (SSSR count). The molecule has 3 atom stereocenters. The van der Waals surface area contributed by atoms with Gasteiger partial charge in [-0.05, 0) is 75.3 Å². The van der Waals surface area contributed by atoms with Crippen molar-refractivity contribution < 1.29 is 9.18 Å². The van der Waals surface area contributed by atoms with Gasteiger partial charge < -0.3 is 4.90 Å². The van der Waals surface area contributed by atoms with Gasteiger partial charge in [-0.15, -0.1) is 0 Å². The van der Waals surface area contributed by atoms with Crippen LogP contribution in [0.4, 0.5) is 4.39 Å². The first-order valence-corrected chi connectivity index (χ1v) is 10.4. The van der Waals surface area contributed by atoms with Gasteiger partial charge in [0.25, 0.3) is 0 Å². The maximum absolute atomic E-state index is 15.1. The number of alkyl halides is 1. The number of rotatable bonds is 2. The lowest BCUT2D eigenvalue weighted by molar-refractivity contribution is -0.199. The SMILES string of the molecule is CC1(C)C(=O)N([C@H]2C3CC4CC2C[C@](F)(C4)C3)C1c1cccc(Cl)c1Cl. The summed E-state index contributed by atoms with van der Waals surface area (Å²) in [5, 5.41) is 1.06. The lowest BCUT2D eigenvalue weighted by Gasteiger charge is -2.65. The predicted molar refractivity (Wildman–Crippen MR) is 101 cm³/mol. The quantitative estimate of drug-likeness (QED) is 0.577. The van der Waals surface area contributed by atoms with Crippen molar-refractivity contribution in [2.24, 2.45) is 23.2 Å². The minimum atomic E-state index is -0.986. The van der Waals surface area contributed by atoms with E-state index in [9.17, 15) is 4.79 Å². The summed E-state index contributed by atoms with van der Waals surface area (Å²) >= 11 is 12.8. The van der Waals surface area contributed by atoms with Gasteiger partial charge in [-0.1, -0.05) is 35.3 Å². The minimum absolute atomic E-state index is 0.0840. The van der Waals surface area contributed by atoms with E-state index in [1.165, 1.54) is 0 Å². The number of likely N-dealkylation sites (tertiary alicyclic amines) is 1. The number of benzene rings is 1. The molecule has 4 aliphatic carbocycles. The molecule has 1 heterocycles. The highest BCUT2D eigenvalue weighted by molar-refractivity contribution is 6.42. The van der Waals surface area contributed by atoms with Gasteiger partial charge in [-0.25, -0.2) is 4.39 Å². The molecule has 2 nitrogen and oxygen atoms in total. The Hall–Kier alpha value is -0.800. The molecule has 5 aliphatic rings. The van der Waals surface area contributed by atoms with E-state index >= 15 is 4.39 Å². The molecule has 4 saturated carbocycles. The first kappa shape index (κ1) is 17.3. The zero-order valence-electron chi connectivity index (χ0n) is 15.1. The van der Waals surface area contributed by atoms with E-state index in [1.807, 2.05) is 30.9 Å². The number of carbonyl (C=O) groups is 1. The zero-order valence-corrected chi connectivity index (χ0v) is 16.7. The van der Waals surface area contributed by atoms with Crippen LogP contribution in [-0.2, 0) is 4.79 Å². The smallest absolute Gasteiger partial charge is 0.231 e. The highest BCUT2D eigenvalue weighted by atomic mass is 35.5. The lowest BCUT2D eigenvalue weighted by Crippen LogP contribution is -2.70. The fraction of sp³-hybridized carbons (Fsp3) is 0.667. The molecule has 1 saturated heterocycles. The molecule has 140 valence electrons. The van der Waals surface area contributed by atoms with E-state index in [-0.39, 0.29) is 29.8 Å². The average Bonchev–Trinajstić information content (AvgIpc) is 2.55. The summed E-state index contributed by atoms with van der Waals surface area (Å²) in [5.74, 6) is 1.24. The van der Waals surface area contributed by atoms with E-state index < -0.39 is 11.1 Å². The first-order chi connectivity index (χ1) is 12.2. The maximum Gasteiger partial charge on any atom is 0.231 e. The van der Waals surface area contributed by atoms with E-state index in [1.54, 1.807) is 6.07 Å². The molecule has 26 heavy (non-hydrogen) atoms. The summed E-state index contributed by atoms with van der Waals surface area (Å²) in [6, 6.07) is 5.72. The van der Waals surface area contributed by atoms with Crippen molar-refractivity contribution in [1.29, 1.82) is 0 Å². The van der Waals surface area contributed by atoms with Crippen molar-refractivity contribution in [2.45, 2.75) is 63.7 Å². The summed E-state index contributed by atoms with van der Waals surface area (Å²) in [7, 11) is 0. The molecule has 3 unspecified atom stereocenters. The molecule has 1 aliphatic heterocycles. The summed E-state index contributed by atoms with van der Waals surface area (Å²) in [6.45, 7) is 3.97. The van der Waals surface area contributed by atoms with Crippen molar-refractivity contribution >= 4 is 29.1 Å². The third kappa shape index (κ3) is 2.19. The highest BCUT2D eigenvalue weighted by Gasteiger charge is 2.64. The number of amides is 1. The van der Waals surface area contributed by atoms with E-state index in [0.717, 1.165) is 24.8 Å². The van der Waals surface area contributed by atoms with Crippen LogP contribution in [0.25, 0.3) is 0 Å². The number of β-lactam (4-membered cyclic amide) rings is 1. The fourth-order valence-electron chi connectivity index (χ4n) is 6.78. The predicted octanol–water partition coefficient (Wildman–Crippen LogP) is 5.82. The van der Waals surface area contributed by atoms with Crippen molar-refractivity contribution in [3.63, 3.8) is 0 Å². The monoisotopic (exact) mass is 395 g/mol. The normalized spacial score (nSPS) is 42.9. The van der Waals surface area contributed by atoms with Crippen LogP contribution >= 0.6 is 23.2 Å². The Kier molecular flexibility index (Phi) is 3.58. The van der Waals surface area contributed by atoms with Gasteiger partial charge in [0.15, 0.2) is 0 Å². The Balaban J connectivity index is 1.54. The van der Waals surface area contributed by atoms with Crippen LogP contribution in [0.2, 0.25) is 10.0 Å². The molecular weight excluding hydrogens is 372 g/mol. The second kappa shape index (κ2) is 5.38. The van der Waals surface area contributed by atoms with Crippen molar-refractivity contribution in [2.75, 3.05) is 0 Å². The molecule has 1 aromatic carbocycles. The second-order valence-electron chi connectivity index (χ2n) is 9.59. The Morgan fingerprint density at radius 2 is 1.77 bits per heavy atom. The Labute approximate surface area is 164 Å². The van der Waals surface area contributed by atoms with Crippen LogP contribution < -0.4 is 0 Å². The lowest BCUT2D eigenvalue weighted by atomic mass is 9.51. The Morgan fingerprint density at radius 1 is 1.12 bits per heavy atom. The van der Waals surface area contributed by atoms with Crippen LogP contribution in [0, 0.1) is 23.2 Å². The van der Waals surface area contributed by atoms with Crippen molar-refractivity contribution in [3.8, 4) is 0 Å².